The lowest BCUT2D eigenvalue weighted by Crippen LogP contribution is -2.04. The van der Waals surface area contributed by atoms with Crippen molar-refractivity contribution >= 4 is 22.8 Å². The molecule has 0 atom stereocenters. The maximum Gasteiger partial charge on any atom is 0.160 e. The summed E-state index contributed by atoms with van der Waals surface area (Å²) in [7, 11) is 0. The van der Waals surface area contributed by atoms with Crippen molar-refractivity contribution in [1.29, 1.82) is 0 Å². The first kappa shape index (κ1) is 9.43. The zero-order valence-corrected chi connectivity index (χ0v) is 8.49. The Morgan fingerprint density at radius 1 is 1.57 bits per heavy atom. The van der Waals surface area contributed by atoms with Crippen molar-refractivity contribution in [3.05, 3.63) is 23.1 Å². The Morgan fingerprint density at radius 2 is 2.36 bits per heavy atom. The van der Waals surface area contributed by atoms with Gasteiger partial charge in [0.05, 0.1) is 11.6 Å². The van der Waals surface area contributed by atoms with Crippen molar-refractivity contribution in [1.82, 2.24) is 14.5 Å². The molecule has 0 unspecified atom stereocenters. The molecule has 4 nitrogen and oxygen atoms in total. The molecule has 14 heavy (non-hydrogen) atoms. The van der Waals surface area contributed by atoms with Crippen molar-refractivity contribution in [3.63, 3.8) is 0 Å². The molecule has 1 N–H and O–H groups in total. The third kappa shape index (κ3) is 1.47. The number of hydrogen-bond acceptors (Lipinski definition) is 3. The molecule has 0 saturated carbocycles. The van der Waals surface area contributed by atoms with E-state index in [0.717, 1.165) is 17.0 Å². The van der Waals surface area contributed by atoms with Crippen LogP contribution in [-0.2, 0) is 6.54 Å². The molecule has 5 heteroatoms. The highest BCUT2D eigenvalue weighted by Gasteiger charge is 2.07. The first-order chi connectivity index (χ1) is 6.72. The fourth-order valence-corrected chi connectivity index (χ4v) is 1.62. The van der Waals surface area contributed by atoms with E-state index in [1.807, 2.05) is 11.5 Å². The van der Waals surface area contributed by atoms with Crippen LogP contribution in [0.3, 0.4) is 0 Å². The molecule has 2 aromatic heterocycles. The SMILES string of the molecule is Cc1nc2cc(Cl)cnc2n1CCO. The number of aromatic nitrogens is 3. The van der Waals surface area contributed by atoms with Crippen LogP contribution < -0.4 is 0 Å². The second-order valence-corrected chi connectivity index (χ2v) is 3.47. The van der Waals surface area contributed by atoms with E-state index in [-0.39, 0.29) is 6.61 Å². The summed E-state index contributed by atoms with van der Waals surface area (Å²) in [5.74, 6) is 0.837. The Hall–Kier alpha value is -1.13. The highest BCUT2D eigenvalue weighted by atomic mass is 35.5. The van der Waals surface area contributed by atoms with Gasteiger partial charge in [0, 0.05) is 12.7 Å². The van der Waals surface area contributed by atoms with Crippen LogP contribution in [-0.4, -0.2) is 26.2 Å². The van der Waals surface area contributed by atoms with Crippen LogP contribution in [0.15, 0.2) is 12.3 Å². The van der Waals surface area contributed by atoms with Gasteiger partial charge in [0.15, 0.2) is 5.65 Å². The number of aliphatic hydroxyl groups is 1. The summed E-state index contributed by atoms with van der Waals surface area (Å²) in [5.41, 5.74) is 1.53. The van der Waals surface area contributed by atoms with Crippen molar-refractivity contribution in [2.45, 2.75) is 13.5 Å². The van der Waals surface area contributed by atoms with Gasteiger partial charge in [-0.05, 0) is 13.0 Å². The maximum absolute atomic E-state index is 8.87. The summed E-state index contributed by atoms with van der Waals surface area (Å²) in [4.78, 5) is 8.48. The largest absolute Gasteiger partial charge is 0.395 e. The molecule has 2 aromatic rings. The molecule has 2 rings (SSSR count). The van der Waals surface area contributed by atoms with Crippen LogP contribution in [0, 0.1) is 6.92 Å². The van der Waals surface area contributed by atoms with E-state index in [9.17, 15) is 0 Å². The molecule has 0 aliphatic carbocycles. The van der Waals surface area contributed by atoms with Crippen molar-refractivity contribution in [2.75, 3.05) is 6.61 Å². The summed E-state index contributed by atoms with van der Waals surface area (Å²) < 4.78 is 1.87. The third-order valence-electron chi connectivity index (χ3n) is 2.07. The van der Waals surface area contributed by atoms with E-state index in [4.69, 9.17) is 16.7 Å². The lowest BCUT2D eigenvalue weighted by molar-refractivity contribution is 0.276. The summed E-state index contributed by atoms with van der Waals surface area (Å²) in [6, 6.07) is 1.77. The van der Waals surface area contributed by atoms with E-state index in [2.05, 4.69) is 9.97 Å². The fourth-order valence-electron chi connectivity index (χ4n) is 1.47. The minimum absolute atomic E-state index is 0.0800. The molecule has 0 aliphatic rings. The second-order valence-electron chi connectivity index (χ2n) is 3.03. The Bertz CT molecular complexity index is 466. The molecule has 0 aliphatic heterocycles. The predicted octanol–water partition coefficient (Wildman–Crippen LogP) is 1.39. The zero-order valence-electron chi connectivity index (χ0n) is 7.74. The summed E-state index contributed by atoms with van der Waals surface area (Å²) in [5, 5.41) is 9.45. The summed E-state index contributed by atoms with van der Waals surface area (Å²) in [6.45, 7) is 2.47. The number of pyridine rings is 1. The highest BCUT2D eigenvalue weighted by Crippen LogP contribution is 2.17. The van der Waals surface area contributed by atoms with E-state index in [1.165, 1.54) is 0 Å². The first-order valence-electron chi connectivity index (χ1n) is 4.31. The minimum atomic E-state index is 0.0800. The molecule has 0 radical (unpaired) electrons. The van der Waals surface area contributed by atoms with E-state index < -0.39 is 0 Å². The molecule has 74 valence electrons. The second kappa shape index (κ2) is 3.55. The van der Waals surface area contributed by atoms with Gasteiger partial charge in [-0.1, -0.05) is 11.6 Å². The monoisotopic (exact) mass is 211 g/mol. The van der Waals surface area contributed by atoms with Crippen LogP contribution in [0.1, 0.15) is 5.82 Å². The predicted molar refractivity (Wildman–Crippen MR) is 54.4 cm³/mol. The first-order valence-corrected chi connectivity index (χ1v) is 4.69. The number of halogens is 1. The lowest BCUT2D eigenvalue weighted by Gasteiger charge is -2.01. The Morgan fingerprint density at radius 3 is 3.07 bits per heavy atom. The lowest BCUT2D eigenvalue weighted by atomic mass is 10.4. The molecule has 0 fully saturated rings. The van der Waals surface area contributed by atoms with Crippen molar-refractivity contribution in [3.8, 4) is 0 Å². The third-order valence-corrected chi connectivity index (χ3v) is 2.27. The smallest absolute Gasteiger partial charge is 0.160 e. The summed E-state index contributed by atoms with van der Waals surface area (Å²) >= 11 is 5.80. The average molecular weight is 212 g/mol. The molecule has 0 amide bonds. The van der Waals surface area contributed by atoms with Gasteiger partial charge in [0.2, 0.25) is 0 Å². The maximum atomic E-state index is 8.87. The number of fused-ring (bicyclic) bond motifs is 1. The van der Waals surface area contributed by atoms with Crippen LogP contribution in [0.5, 0.6) is 0 Å². The number of imidazole rings is 1. The Labute approximate surface area is 86.2 Å². The van der Waals surface area contributed by atoms with E-state index >= 15 is 0 Å². The topological polar surface area (TPSA) is 50.9 Å². The fraction of sp³-hybridized carbons (Fsp3) is 0.333. The standard InChI is InChI=1S/C9H10ClN3O/c1-6-12-8-4-7(10)5-11-9(8)13(6)2-3-14/h4-5,14H,2-3H2,1H3. The van der Waals surface area contributed by atoms with Crippen LogP contribution in [0.25, 0.3) is 11.2 Å². The van der Waals surface area contributed by atoms with Gasteiger partial charge < -0.3 is 9.67 Å². The number of rotatable bonds is 2. The minimum Gasteiger partial charge on any atom is -0.395 e. The van der Waals surface area contributed by atoms with Gasteiger partial charge in [-0.2, -0.15) is 0 Å². The Kier molecular flexibility index (Phi) is 2.39. The quantitative estimate of drug-likeness (QED) is 0.817. The van der Waals surface area contributed by atoms with Gasteiger partial charge in [-0.25, -0.2) is 9.97 Å². The number of nitrogens with zero attached hydrogens (tertiary/aromatic N) is 3. The van der Waals surface area contributed by atoms with Gasteiger partial charge in [0.1, 0.15) is 11.3 Å². The van der Waals surface area contributed by atoms with Crippen molar-refractivity contribution < 1.29 is 5.11 Å². The molecule has 2 heterocycles. The molecule has 0 bridgehead atoms. The number of aryl methyl sites for hydroxylation is 1. The molecule has 0 spiro atoms. The molecule has 0 aromatic carbocycles. The zero-order chi connectivity index (χ0) is 10.1. The average Bonchev–Trinajstić information content (AvgIpc) is 2.43. The van der Waals surface area contributed by atoms with Gasteiger partial charge >= 0.3 is 0 Å². The number of hydrogen-bond donors (Lipinski definition) is 1. The van der Waals surface area contributed by atoms with Crippen LogP contribution in [0.2, 0.25) is 5.02 Å². The number of aliphatic hydroxyl groups excluding tert-OH is 1. The van der Waals surface area contributed by atoms with Crippen molar-refractivity contribution in [2.24, 2.45) is 0 Å². The Balaban J connectivity index is 2.64. The van der Waals surface area contributed by atoms with E-state index in [1.54, 1.807) is 12.3 Å². The van der Waals surface area contributed by atoms with Gasteiger partial charge in [-0.3, -0.25) is 0 Å². The van der Waals surface area contributed by atoms with Gasteiger partial charge in [-0.15, -0.1) is 0 Å². The summed E-state index contributed by atoms with van der Waals surface area (Å²) in [6.07, 6.45) is 1.58. The van der Waals surface area contributed by atoms with Crippen LogP contribution in [0.4, 0.5) is 0 Å². The van der Waals surface area contributed by atoms with E-state index in [0.29, 0.717) is 11.6 Å². The van der Waals surface area contributed by atoms with Crippen LogP contribution >= 0.6 is 11.6 Å². The highest BCUT2D eigenvalue weighted by molar-refractivity contribution is 6.31. The normalized spacial score (nSPS) is 11.1. The molecular weight excluding hydrogens is 202 g/mol. The van der Waals surface area contributed by atoms with Gasteiger partial charge in [0.25, 0.3) is 0 Å². The molecule has 0 saturated heterocycles. The molecular formula is C9H10ClN3O.